The van der Waals surface area contributed by atoms with Crippen molar-refractivity contribution in [2.75, 3.05) is 13.6 Å². The van der Waals surface area contributed by atoms with Crippen LogP contribution in [-0.2, 0) is 0 Å². The summed E-state index contributed by atoms with van der Waals surface area (Å²) in [7, 11) is 1.86. The number of aryl methyl sites for hydroxylation is 1. The highest BCUT2D eigenvalue weighted by Gasteiger charge is 2.12. The van der Waals surface area contributed by atoms with E-state index in [1.165, 1.54) is 0 Å². The number of carbonyl (C=O) groups is 1. The number of thiazole rings is 1. The number of aromatic nitrogens is 1. The van der Waals surface area contributed by atoms with Gasteiger partial charge in [0.1, 0.15) is 4.88 Å². The fourth-order valence-corrected chi connectivity index (χ4v) is 1.75. The second-order valence-corrected chi connectivity index (χ2v) is 3.89. The van der Waals surface area contributed by atoms with E-state index in [1.807, 2.05) is 7.05 Å². The molecule has 1 heterocycles. The van der Waals surface area contributed by atoms with E-state index in [-0.39, 0.29) is 4.88 Å². The molecule has 1 aromatic heterocycles. The highest BCUT2D eigenvalue weighted by Crippen LogP contribution is 2.16. The topological polar surface area (TPSA) is 62.2 Å². The molecule has 0 spiro atoms. The third-order valence-corrected chi connectivity index (χ3v) is 2.75. The first kappa shape index (κ1) is 11.7. The minimum atomic E-state index is -0.937. The van der Waals surface area contributed by atoms with Crippen LogP contribution in [0.1, 0.15) is 26.8 Å². The molecule has 5 heteroatoms. The third kappa shape index (κ3) is 3.35. The molecule has 2 N–H and O–H groups in total. The maximum atomic E-state index is 10.7. The number of nitrogens with zero attached hydrogens (tertiary/aromatic N) is 1. The van der Waals surface area contributed by atoms with Crippen molar-refractivity contribution in [1.82, 2.24) is 10.3 Å². The van der Waals surface area contributed by atoms with Gasteiger partial charge >= 0.3 is 5.97 Å². The number of nitrogens with one attached hydrogen (secondary N) is 1. The Morgan fingerprint density at radius 1 is 1.67 bits per heavy atom. The summed E-state index contributed by atoms with van der Waals surface area (Å²) in [5.74, 6) is 4.84. The number of hydrogen-bond donors (Lipinski definition) is 2. The SMILES string of the molecule is CNCCC#Cc1nc(C)c(C(=O)O)s1. The Morgan fingerprint density at radius 2 is 2.40 bits per heavy atom. The molecule has 1 rings (SSSR count). The van der Waals surface area contributed by atoms with Crippen molar-refractivity contribution in [2.24, 2.45) is 0 Å². The fraction of sp³-hybridized carbons (Fsp3) is 0.400. The molecule has 15 heavy (non-hydrogen) atoms. The molecule has 0 bridgehead atoms. The number of carboxylic acids is 1. The maximum Gasteiger partial charge on any atom is 0.347 e. The summed E-state index contributed by atoms with van der Waals surface area (Å²) < 4.78 is 0. The Bertz CT molecular complexity index is 415. The molecular formula is C10H12N2O2S. The van der Waals surface area contributed by atoms with Gasteiger partial charge in [-0.1, -0.05) is 17.3 Å². The molecule has 0 aliphatic heterocycles. The zero-order valence-corrected chi connectivity index (χ0v) is 9.44. The molecule has 0 aromatic carbocycles. The Hall–Kier alpha value is -1.38. The molecule has 0 radical (unpaired) electrons. The highest BCUT2D eigenvalue weighted by molar-refractivity contribution is 7.14. The van der Waals surface area contributed by atoms with Gasteiger partial charge in [0.05, 0.1) is 5.69 Å². The summed E-state index contributed by atoms with van der Waals surface area (Å²) in [6.07, 6.45) is 0.734. The van der Waals surface area contributed by atoms with Gasteiger partial charge in [-0.25, -0.2) is 9.78 Å². The zero-order valence-electron chi connectivity index (χ0n) is 8.63. The maximum absolute atomic E-state index is 10.7. The quantitative estimate of drug-likeness (QED) is 0.596. The van der Waals surface area contributed by atoms with Crippen molar-refractivity contribution in [1.29, 1.82) is 0 Å². The third-order valence-electron chi connectivity index (χ3n) is 1.69. The first-order valence-electron chi connectivity index (χ1n) is 4.49. The van der Waals surface area contributed by atoms with E-state index < -0.39 is 5.97 Å². The van der Waals surface area contributed by atoms with Crippen LogP contribution in [0, 0.1) is 18.8 Å². The summed E-state index contributed by atoms with van der Waals surface area (Å²) >= 11 is 1.12. The molecule has 1 aromatic rings. The Labute approximate surface area is 92.4 Å². The van der Waals surface area contributed by atoms with Crippen molar-refractivity contribution >= 4 is 17.3 Å². The minimum absolute atomic E-state index is 0.271. The second kappa shape index (κ2) is 5.49. The smallest absolute Gasteiger partial charge is 0.347 e. The van der Waals surface area contributed by atoms with Crippen molar-refractivity contribution < 1.29 is 9.90 Å². The molecule has 0 unspecified atom stereocenters. The summed E-state index contributed by atoms with van der Waals surface area (Å²) in [5, 5.41) is 12.3. The van der Waals surface area contributed by atoms with E-state index in [4.69, 9.17) is 5.11 Å². The largest absolute Gasteiger partial charge is 0.477 e. The summed E-state index contributed by atoms with van der Waals surface area (Å²) in [5.41, 5.74) is 0.533. The van der Waals surface area contributed by atoms with Crippen molar-refractivity contribution in [3.63, 3.8) is 0 Å². The van der Waals surface area contributed by atoms with Crippen LogP contribution in [0.25, 0.3) is 0 Å². The lowest BCUT2D eigenvalue weighted by Crippen LogP contribution is -2.05. The van der Waals surface area contributed by atoms with Crippen LogP contribution in [0.15, 0.2) is 0 Å². The molecule has 0 aliphatic rings. The Kier molecular flexibility index (Phi) is 4.28. The second-order valence-electron chi connectivity index (χ2n) is 2.89. The van der Waals surface area contributed by atoms with Gasteiger partial charge in [0.15, 0.2) is 5.01 Å². The molecule has 0 saturated carbocycles. The number of hydrogen-bond acceptors (Lipinski definition) is 4. The lowest BCUT2D eigenvalue weighted by molar-refractivity contribution is 0.0701. The van der Waals surface area contributed by atoms with E-state index in [0.717, 1.165) is 24.3 Å². The van der Waals surface area contributed by atoms with Gasteiger partial charge in [-0.2, -0.15) is 0 Å². The van der Waals surface area contributed by atoms with Crippen LogP contribution >= 0.6 is 11.3 Å². The molecule has 0 saturated heterocycles. The Balaban J connectivity index is 2.73. The van der Waals surface area contributed by atoms with E-state index >= 15 is 0 Å². The van der Waals surface area contributed by atoms with Crippen molar-refractivity contribution in [3.05, 3.63) is 15.6 Å². The first-order chi connectivity index (χ1) is 7.15. The van der Waals surface area contributed by atoms with Gasteiger partial charge < -0.3 is 10.4 Å². The summed E-state index contributed by atoms with van der Waals surface area (Å²) in [6, 6.07) is 0. The van der Waals surface area contributed by atoms with E-state index in [9.17, 15) is 4.79 Å². The van der Waals surface area contributed by atoms with Crippen LogP contribution in [0.4, 0.5) is 0 Å². The highest BCUT2D eigenvalue weighted by atomic mass is 32.1. The van der Waals surface area contributed by atoms with Crippen LogP contribution in [0.2, 0.25) is 0 Å². The van der Waals surface area contributed by atoms with Crippen LogP contribution < -0.4 is 5.32 Å². The van der Waals surface area contributed by atoms with Crippen molar-refractivity contribution in [2.45, 2.75) is 13.3 Å². The predicted octanol–water partition coefficient (Wildman–Crippen LogP) is 1.11. The fourth-order valence-electron chi connectivity index (χ4n) is 0.974. The molecular weight excluding hydrogens is 212 g/mol. The standard InChI is InChI=1S/C10H12N2O2S/c1-7-9(10(13)14)15-8(12-7)5-3-4-6-11-2/h11H,4,6H2,1-2H3,(H,13,14). The molecule has 0 atom stereocenters. The average molecular weight is 224 g/mol. The molecule has 80 valence electrons. The number of rotatable bonds is 3. The van der Waals surface area contributed by atoms with Gasteiger partial charge in [0.25, 0.3) is 0 Å². The monoisotopic (exact) mass is 224 g/mol. The summed E-state index contributed by atoms with van der Waals surface area (Å²) in [4.78, 5) is 15.1. The van der Waals surface area contributed by atoms with E-state index in [2.05, 4.69) is 22.1 Å². The molecule has 0 aliphatic carbocycles. The van der Waals surface area contributed by atoms with Gasteiger partial charge in [0, 0.05) is 13.0 Å². The van der Waals surface area contributed by atoms with E-state index in [1.54, 1.807) is 6.92 Å². The number of carboxylic acid groups (broad SMARTS) is 1. The molecule has 4 nitrogen and oxygen atoms in total. The van der Waals surface area contributed by atoms with Crippen LogP contribution in [0.3, 0.4) is 0 Å². The average Bonchev–Trinajstić information content (AvgIpc) is 2.55. The van der Waals surface area contributed by atoms with Crippen molar-refractivity contribution in [3.8, 4) is 11.8 Å². The Morgan fingerprint density at radius 3 is 2.93 bits per heavy atom. The van der Waals surface area contributed by atoms with Gasteiger partial charge in [0.2, 0.25) is 0 Å². The minimum Gasteiger partial charge on any atom is -0.477 e. The van der Waals surface area contributed by atoms with Crippen LogP contribution in [-0.4, -0.2) is 29.7 Å². The van der Waals surface area contributed by atoms with E-state index in [0.29, 0.717) is 10.7 Å². The number of aromatic carboxylic acids is 1. The summed E-state index contributed by atoms with van der Waals surface area (Å²) in [6.45, 7) is 2.50. The lowest BCUT2D eigenvalue weighted by Gasteiger charge is -1.86. The van der Waals surface area contributed by atoms with Gasteiger partial charge in [-0.15, -0.1) is 0 Å². The van der Waals surface area contributed by atoms with Crippen LogP contribution in [0.5, 0.6) is 0 Å². The first-order valence-corrected chi connectivity index (χ1v) is 5.31. The van der Waals surface area contributed by atoms with Gasteiger partial charge in [-0.3, -0.25) is 0 Å². The lowest BCUT2D eigenvalue weighted by atomic mass is 10.4. The molecule has 0 amide bonds. The normalized spacial score (nSPS) is 9.47. The molecule has 0 fully saturated rings. The zero-order chi connectivity index (χ0) is 11.3. The van der Waals surface area contributed by atoms with Gasteiger partial charge in [-0.05, 0) is 19.9 Å². The predicted molar refractivity (Wildman–Crippen MR) is 59.2 cm³/mol.